The first kappa shape index (κ1) is 14.9. The molecule has 0 spiro atoms. The van der Waals surface area contributed by atoms with Gasteiger partial charge in [0, 0.05) is 0 Å². The van der Waals surface area contributed by atoms with Crippen molar-refractivity contribution in [1.82, 2.24) is 0 Å². The van der Waals surface area contributed by atoms with E-state index in [1.807, 2.05) is 0 Å². The lowest BCUT2D eigenvalue weighted by atomic mass is 9.98. The summed E-state index contributed by atoms with van der Waals surface area (Å²) in [4.78, 5) is 0. The van der Waals surface area contributed by atoms with Crippen molar-refractivity contribution in [2.24, 2.45) is 0 Å². The molecule has 1 fully saturated rings. The molecule has 0 heterocycles. The minimum absolute atomic E-state index is 0.202. The zero-order chi connectivity index (χ0) is 11.5. The Morgan fingerprint density at radius 1 is 1.20 bits per heavy atom. The fraction of sp³-hybridized carbons (Fsp3) is 1.00. The van der Waals surface area contributed by atoms with Gasteiger partial charge in [0.2, 0.25) is 0 Å². The van der Waals surface area contributed by atoms with Crippen LogP contribution in [0.25, 0.3) is 0 Å². The summed E-state index contributed by atoms with van der Waals surface area (Å²) < 4.78 is 5.43. The first-order valence-corrected chi connectivity index (χ1v) is 6.15. The van der Waals surface area contributed by atoms with Gasteiger partial charge in [-0.05, 0) is 12.8 Å². The summed E-state index contributed by atoms with van der Waals surface area (Å²) in [5.41, 5.74) is 0. The zero-order valence-electron chi connectivity index (χ0n) is 10.1. The highest BCUT2D eigenvalue weighted by atomic mass is 16.5. The van der Waals surface area contributed by atoms with Gasteiger partial charge in [0.05, 0.1) is 19.3 Å². The van der Waals surface area contributed by atoms with Crippen molar-refractivity contribution >= 4 is 0 Å². The molecule has 1 atom stereocenters. The average Bonchev–Trinajstić information content (AvgIpc) is 2.28. The molecule has 15 heavy (non-hydrogen) atoms. The van der Waals surface area contributed by atoms with Crippen molar-refractivity contribution in [3.05, 3.63) is 0 Å². The minimum atomic E-state index is -0.702. The third-order valence-electron chi connectivity index (χ3n) is 2.29. The molecular formula is C12H26O3. The summed E-state index contributed by atoms with van der Waals surface area (Å²) in [7, 11) is 0. The Morgan fingerprint density at radius 3 is 2.20 bits per heavy atom. The Bertz CT molecular complexity index is 122. The van der Waals surface area contributed by atoms with E-state index in [1.165, 1.54) is 25.7 Å². The lowest BCUT2D eigenvalue weighted by molar-refractivity contribution is -0.0396. The van der Waals surface area contributed by atoms with Crippen LogP contribution >= 0.6 is 0 Å². The Labute approximate surface area is 93.5 Å². The van der Waals surface area contributed by atoms with E-state index >= 15 is 0 Å². The third-order valence-corrected chi connectivity index (χ3v) is 2.29. The van der Waals surface area contributed by atoms with Crippen molar-refractivity contribution in [3.63, 3.8) is 0 Å². The third kappa shape index (κ3) is 8.85. The SMILES string of the molecule is CCC.OC[C@H](O)COC1CCCCC1. The number of hydrogen-bond donors (Lipinski definition) is 2. The molecule has 92 valence electrons. The summed E-state index contributed by atoms with van der Waals surface area (Å²) in [6.07, 6.45) is 6.87. The Balaban J connectivity index is 0.000000583. The molecule has 0 aromatic heterocycles. The maximum atomic E-state index is 9.01. The molecule has 0 amide bonds. The highest BCUT2D eigenvalue weighted by Gasteiger charge is 2.14. The van der Waals surface area contributed by atoms with E-state index in [9.17, 15) is 0 Å². The fourth-order valence-corrected chi connectivity index (χ4v) is 1.53. The molecule has 0 aromatic rings. The molecule has 2 N–H and O–H groups in total. The van der Waals surface area contributed by atoms with E-state index in [0.29, 0.717) is 6.10 Å². The number of rotatable bonds is 4. The molecule has 1 aliphatic carbocycles. The lowest BCUT2D eigenvalue weighted by Crippen LogP contribution is -2.25. The van der Waals surface area contributed by atoms with Gasteiger partial charge in [0.15, 0.2) is 0 Å². The van der Waals surface area contributed by atoms with Gasteiger partial charge in [0.1, 0.15) is 6.10 Å². The Kier molecular flexibility index (Phi) is 10.3. The van der Waals surface area contributed by atoms with Gasteiger partial charge in [0.25, 0.3) is 0 Å². The van der Waals surface area contributed by atoms with Crippen LogP contribution in [-0.2, 0) is 4.74 Å². The predicted molar refractivity (Wildman–Crippen MR) is 61.9 cm³/mol. The van der Waals surface area contributed by atoms with Gasteiger partial charge < -0.3 is 14.9 Å². The van der Waals surface area contributed by atoms with Gasteiger partial charge in [-0.1, -0.05) is 39.5 Å². The molecule has 0 radical (unpaired) electrons. The molecule has 0 saturated heterocycles. The van der Waals surface area contributed by atoms with Gasteiger partial charge in [-0.15, -0.1) is 0 Å². The second kappa shape index (κ2) is 10.4. The van der Waals surface area contributed by atoms with E-state index in [0.717, 1.165) is 12.8 Å². The first-order chi connectivity index (χ1) is 7.24. The van der Waals surface area contributed by atoms with Crippen LogP contribution in [-0.4, -0.2) is 35.6 Å². The number of aliphatic hydroxyl groups is 2. The summed E-state index contributed by atoms with van der Waals surface area (Å²) in [6.45, 7) is 4.33. The van der Waals surface area contributed by atoms with Crippen molar-refractivity contribution in [2.45, 2.75) is 64.6 Å². The summed E-state index contributed by atoms with van der Waals surface area (Å²) in [5.74, 6) is 0. The van der Waals surface area contributed by atoms with Crippen molar-refractivity contribution in [3.8, 4) is 0 Å². The highest BCUT2D eigenvalue weighted by molar-refractivity contribution is 4.65. The van der Waals surface area contributed by atoms with Crippen molar-refractivity contribution < 1.29 is 14.9 Å². The van der Waals surface area contributed by atoms with Gasteiger partial charge >= 0.3 is 0 Å². The summed E-state index contributed by atoms with van der Waals surface area (Å²) in [5, 5.41) is 17.5. The van der Waals surface area contributed by atoms with Crippen LogP contribution in [0.5, 0.6) is 0 Å². The molecule has 0 bridgehead atoms. The quantitative estimate of drug-likeness (QED) is 0.760. The van der Waals surface area contributed by atoms with E-state index in [2.05, 4.69) is 13.8 Å². The van der Waals surface area contributed by atoms with E-state index in [4.69, 9.17) is 14.9 Å². The van der Waals surface area contributed by atoms with Crippen LogP contribution in [0.4, 0.5) is 0 Å². The highest BCUT2D eigenvalue weighted by Crippen LogP contribution is 2.20. The number of aliphatic hydroxyl groups excluding tert-OH is 2. The van der Waals surface area contributed by atoms with Crippen LogP contribution in [0.15, 0.2) is 0 Å². The fourth-order valence-electron chi connectivity index (χ4n) is 1.53. The molecule has 0 aromatic carbocycles. The average molecular weight is 218 g/mol. The van der Waals surface area contributed by atoms with E-state index in [1.54, 1.807) is 0 Å². The van der Waals surface area contributed by atoms with Crippen LogP contribution in [0.3, 0.4) is 0 Å². The molecule has 1 aliphatic rings. The molecule has 0 unspecified atom stereocenters. The maximum Gasteiger partial charge on any atom is 0.100 e. The molecular weight excluding hydrogens is 192 g/mol. The van der Waals surface area contributed by atoms with Gasteiger partial charge in [-0.25, -0.2) is 0 Å². The Morgan fingerprint density at radius 2 is 1.73 bits per heavy atom. The second-order valence-electron chi connectivity index (χ2n) is 4.14. The van der Waals surface area contributed by atoms with Crippen LogP contribution in [0.2, 0.25) is 0 Å². The second-order valence-corrected chi connectivity index (χ2v) is 4.14. The minimum Gasteiger partial charge on any atom is -0.394 e. The summed E-state index contributed by atoms with van der Waals surface area (Å²) in [6, 6.07) is 0. The standard InChI is InChI=1S/C9H18O3.C3H8/c10-6-8(11)7-12-9-4-2-1-3-5-9;1-3-2/h8-11H,1-7H2;3H2,1-2H3/t8-;/m0./s1. The largest absolute Gasteiger partial charge is 0.394 e. The topological polar surface area (TPSA) is 49.7 Å². The van der Waals surface area contributed by atoms with Gasteiger partial charge in [-0.3, -0.25) is 0 Å². The van der Waals surface area contributed by atoms with Crippen molar-refractivity contribution in [2.75, 3.05) is 13.2 Å². The van der Waals surface area contributed by atoms with Crippen LogP contribution < -0.4 is 0 Å². The Hall–Kier alpha value is -0.120. The smallest absolute Gasteiger partial charge is 0.100 e. The summed E-state index contributed by atoms with van der Waals surface area (Å²) >= 11 is 0. The normalized spacial score (nSPS) is 19.2. The molecule has 1 saturated carbocycles. The number of ether oxygens (including phenoxy) is 1. The molecule has 0 aliphatic heterocycles. The van der Waals surface area contributed by atoms with Crippen LogP contribution in [0.1, 0.15) is 52.4 Å². The maximum absolute atomic E-state index is 9.01. The van der Waals surface area contributed by atoms with Gasteiger partial charge in [-0.2, -0.15) is 0 Å². The van der Waals surface area contributed by atoms with Crippen LogP contribution in [0, 0.1) is 0 Å². The molecule has 3 heteroatoms. The lowest BCUT2D eigenvalue weighted by Gasteiger charge is -2.22. The van der Waals surface area contributed by atoms with Crippen molar-refractivity contribution in [1.29, 1.82) is 0 Å². The molecule has 3 nitrogen and oxygen atoms in total. The zero-order valence-corrected chi connectivity index (χ0v) is 10.1. The first-order valence-electron chi connectivity index (χ1n) is 6.15. The monoisotopic (exact) mass is 218 g/mol. The van der Waals surface area contributed by atoms with E-state index < -0.39 is 6.10 Å². The van der Waals surface area contributed by atoms with E-state index in [-0.39, 0.29) is 13.2 Å². The molecule has 1 rings (SSSR count). The predicted octanol–water partition coefficient (Wildman–Crippen LogP) is 2.11. The number of hydrogen-bond acceptors (Lipinski definition) is 3.